The van der Waals surface area contributed by atoms with Crippen LogP contribution in [0.1, 0.15) is 6.42 Å². The summed E-state index contributed by atoms with van der Waals surface area (Å²) in [6.07, 6.45) is -1.27. The number of carbonyl (C=O) groups is 1. The normalized spacial score (nSPS) is 22.8. The smallest absolute Gasteiger partial charge is 0.223 e. The number of β-amino-alcohol motifs (C(OH)–C–C–N with tert-alkyl or cyclic N) is 2. The molecular formula is C13H16ClNO3S. The second-order valence-corrected chi connectivity index (χ2v) is 6.01. The Morgan fingerprint density at radius 1 is 1.32 bits per heavy atom. The lowest BCUT2D eigenvalue weighted by molar-refractivity contribution is -0.130. The van der Waals surface area contributed by atoms with Crippen LogP contribution in [0.15, 0.2) is 29.2 Å². The van der Waals surface area contributed by atoms with E-state index in [1.807, 2.05) is 24.3 Å². The van der Waals surface area contributed by atoms with Crippen LogP contribution in [0.25, 0.3) is 0 Å². The quantitative estimate of drug-likeness (QED) is 0.825. The summed E-state index contributed by atoms with van der Waals surface area (Å²) < 4.78 is 0. The lowest BCUT2D eigenvalue weighted by Gasteiger charge is -2.15. The molecule has 1 aliphatic heterocycles. The molecule has 1 saturated heterocycles. The molecule has 1 aromatic rings. The lowest BCUT2D eigenvalue weighted by atomic mass is 10.3. The molecule has 0 aromatic heterocycles. The van der Waals surface area contributed by atoms with Gasteiger partial charge in [0.1, 0.15) is 0 Å². The minimum absolute atomic E-state index is 0.0462. The average molecular weight is 302 g/mol. The Morgan fingerprint density at radius 3 is 2.58 bits per heavy atom. The number of rotatable bonds is 4. The van der Waals surface area contributed by atoms with E-state index in [0.717, 1.165) is 4.90 Å². The van der Waals surface area contributed by atoms with Crippen LogP contribution in [-0.4, -0.2) is 52.1 Å². The van der Waals surface area contributed by atoms with E-state index in [1.165, 1.54) is 16.7 Å². The van der Waals surface area contributed by atoms with Crippen molar-refractivity contribution >= 4 is 29.3 Å². The molecule has 1 amide bonds. The van der Waals surface area contributed by atoms with Gasteiger partial charge in [-0.2, -0.15) is 0 Å². The molecule has 0 aliphatic carbocycles. The number of hydrogen-bond acceptors (Lipinski definition) is 4. The SMILES string of the molecule is O=C(CCSc1ccccc1Cl)N1CC(O)C(O)C1. The maximum absolute atomic E-state index is 11.9. The van der Waals surface area contributed by atoms with Crippen molar-refractivity contribution in [1.29, 1.82) is 0 Å². The molecule has 6 heteroatoms. The van der Waals surface area contributed by atoms with E-state index in [4.69, 9.17) is 11.6 Å². The molecule has 0 bridgehead atoms. The molecule has 1 heterocycles. The molecule has 0 saturated carbocycles. The predicted molar refractivity (Wildman–Crippen MR) is 75.4 cm³/mol. The van der Waals surface area contributed by atoms with Crippen molar-refractivity contribution in [2.24, 2.45) is 0 Å². The fraction of sp³-hybridized carbons (Fsp3) is 0.462. The molecule has 1 aliphatic rings. The number of amides is 1. The predicted octanol–water partition coefficient (Wildman–Crippen LogP) is 1.39. The first-order valence-corrected chi connectivity index (χ1v) is 7.45. The number of halogens is 1. The molecule has 2 unspecified atom stereocenters. The van der Waals surface area contributed by atoms with Crippen LogP contribution < -0.4 is 0 Å². The van der Waals surface area contributed by atoms with Gasteiger partial charge in [-0.05, 0) is 12.1 Å². The molecule has 0 spiro atoms. The highest BCUT2D eigenvalue weighted by Crippen LogP contribution is 2.27. The van der Waals surface area contributed by atoms with Crippen LogP contribution in [-0.2, 0) is 4.79 Å². The summed E-state index contributed by atoms with van der Waals surface area (Å²) in [5.41, 5.74) is 0. The zero-order chi connectivity index (χ0) is 13.8. The van der Waals surface area contributed by atoms with Crippen molar-refractivity contribution in [2.75, 3.05) is 18.8 Å². The molecular weight excluding hydrogens is 286 g/mol. The standard InChI is InChI=1S/C13H16ClNO3S/c14-9-3-1-2-4-12(9)19-6-5-13(18)15-7-10(16)11(17)8-15/h1-4,10-11,16-17H,5-8H2. The average Bonchev–Trinajstić information content (AvgIpc) is 2.72. The van der Waals surface area contributed by atoms with Gasteiger partial charge in [0.2, 0.25) is 5.91 Å². The zero-order valence-electron chi connectivity index (χ0n) is 10.3. The van der Waals surface area contributed by atoms with E-state index in [2.05, 4.69) is 0 Å². The highest BCUT2D eigenvalue weighted by molar-refractivity contribution is 7.99. The second-order valence-electron chi connectivity index (χ2n) is 4.46. The Bertz CT molecular complexity index is 447. The molecule has 104 valence electrons. The number of aliphatic hydroxyl groups excluding tert-OH is 2. The molecule has 2 atom stereocenters. The van der Waals surface area contributed by atoms with Gasteiger partial charge >= 0.3 is 0 Å². The van der Waals surface area contributed by atoms with Crippen molar-refractivity contribution < 1.29 is 15.0 Å². The van der Waals surface area contributed by atoms with Gasteiger partial charge in [-0.25, -0.2) is 0 Å². The summed E-state index contributed by atoms with van der Waals surface area (Å²) in [7, 11) is 0. The minimum Gasteiger partial charge on any atom is -0.388 e. The summed E-state index contributed by atoms with van der Waals surface area (Å²) in [5.74, 6) is 0.584. The number of aliphatic hydroxyl groups is 2. The molecule has 0 radical (unpaired) electrons. The zero-order valence-corrected chi connectivity index (χ0v) is 11.9. The third-order valence-corrected chi connectivity index (χ3v) is 4.54. The molecule has 2 N–H and O–H groups in total. The summed E-state index contributed by atoms with van der Waals surface area (Å²) in [6, 6.07) is 7.51. The van der Waals surface area contributed by atoms with E-state index in [9.17, 15) is 15.0 Å². The molecule has 19 heavy (non-hydrogen) atoms. The third kappa shape index (κ3) is 3.86. The molecule has 1 fully saturated rings. The van der Waals surface area contributed by atoms with Gasteiger partial charge in [-0.3, -0.25) is 4.79 Å². The maximum Gasteiger partial charge on any atom is 0.223 e. The highest BCUT2D eigenvalue weighted by Gasteiger charge is 2.31. The first-order chi connectivity index (χ1) is 9.08. The van der Waals surface area contributed by atoms with Crippen LogP contribution in [0.5, 0.6) is 0 Å². The largest absolute Gasteiger partial charge is 0.388 e. The Kier molecular flexibility index (Phi) is 5.10. The number of carbonyl (C=O) groups excluding carboxylic acids is 1. The van der Waals surface area contributed by atoms with Crippen molar-refractivity contribution in [1.82, 2.24) is 4.90 Å². The molecule has 2 rings (SSSR count). The van der Waals surface area contributed by atoms with Gasteiger partial charge in [0.15, 0.2) is 0 Å². The van der Waals surface area contributed by atoms with E-state index >= 15 is 0 Å². The van der Waals surface area contributed by atoms with Crippen LogP contribution in [0.3, 0.4) is 0 Å². The fourth-order valence-electron chi connectivity index (χ4n) is 1.94. The van der Waals surface area contributed by atoms with E-state index in [-0.39, 0.29) is 19.0 Å². The number of thioether (sulfide) groups is 1. The van der Waals surface area contributed by atoms with Crippen LogP contribution in [0, 0.1) is 0 Å². The topological polar surface area (TPSA) is 60.8 Å². The third-order valence-electron chi connectivity index (χ3n) is 3.02. The van der Waals surface area contributed by atoms with Crippen molar-refractivity contribution in [2.45, 2.75) is 23.5 Å². The number of hydrogen-bond donors (Lipinski definition) is 2. The Labute approximate surface area is 121 Å². The van der Waals surface area contributed by atoms with E-state index in [1.54, 1.807) is 0 Å². The summed E-state index contributed by atoms with van der Waals surface area (Å²) >= 11 is 7.55. The van der Waals surface area contributed by atoms with Crippen LogP contribution >= 0.6 is 23.4 Å². The number of benzene rings is 1. The highest BCUT2D eigenvalue weighted by atomic mass is 35.5. The monoisotopic (exact) mass is 301 g/mol. The van der Waals surface area contributed by atoms with E-state index in [0.29, 0.717) is 17.2 Å². The van der Waals surface area contributed by atoms with Gasteiger partial charge in [0, 0.05) is 30.2 Å². The van der Waals surface area contributed by atoms with Gasteiger partial charge in [0.25, 0.3) is 0 Å². The van der Waals surface area contributed by atoms with Crippen LogP contribution in [0.4, 0.5) is 0 Å². The van der Waals surface area contributed by atoms with Crippen molar-refractivity contribution in [3.05, 3.63) is 29.3 Å². The van der Waals surface area contributed by atoms with Crippen molar-refractivity contribution in [3.63, 3.8) is 0 Å². The van der Waals surface area contributed by atoms with Crippen molar-refractivity contribution in [3.8, 4) is 0 Å². The van der Waals surface area contributed by atoms with Gasteiger partial charge in [-0.15, -0.1) is 11.8 Å². The summed E-state index contributed by atoms with van der Waals surface area (Å²) in [4.78, 5) is 14.3. The first kappa shape index (κ1) is 14.7. The Hall–Kier alpha value is -0.750. The minimum atomic E-state index is -0.819. The van der Waals surface area contributed by atoms with Gasteiger partial charge in [-0.1, -0.05) is 23.7 Å². The number of likely N-dealkylation sites (tertiary alicyclic amines) is 1. The Morgan fingerprint density at radius 2 is 1.95 bits per heavy atom. The van der Waals surface area contributed by atoms with Gasteiger partial charge < -0.3 is 15.1 Å². The lowest BCUT2D eigenvalue weighted by Crippen LogP contribution is -2.29. The van der Waals surface area contributed by atoms with E-state index < -0.39 is 12.2 Å². The molecule has 4 nitrogen and oxygen atoms in total. The van der Waals surface area contributed by atoms with Gasteiger partial charge in [0.05, 0.1) is 17.2 Å². The summed E-state index contributed by atoms with van der Waals surface area (Å²) in [6.45, 7) is 0.438. The summed E-state index contributed by atoms with van der Waals surface area (Å²) in [5, 5.41) is 19.5. The molecule has 1 aromatic carbocycles. The Balaban J connectivity index is 1.77. The first-order valence-electron chi connectivity index (χ1n) is 6.09. The number of nitrogens with zero attached hydrogens (tertiary/aromatic N) is 1. The second kappa shape index (κ2) is 6.61. The van der Waals surface area contributed by atoms with Crippen LogP contribution in [0.2, 0.25) is 5.02 Å². The fourth-order valence-corrected chi connectivity index (χ4v) is 3.12. The maximum atomic E-state index is 11.9.